The number of hydrogen-bond donors (Lipinski definition) is 1. The van der Waals surface area contributed by atoms with Gasteiger partial charge in [0, 0.05) is 21.5 Å². The second kappa shape index (κ2) is 7.14. The number of aromatic hydroxyl groups is 1. The molecule has 1 aliphatic rings. The van der Waals surface area contributed by atoms with Gasteiger partial charge in [-0.1, -0.05) is 43.3 Å². The maximum absolute atomic E-state index is 10.8. The molecule has 2 atom stereocenters. The van der Waals surface area contributed by atoms with Crippen LogP contribution in [-0.2, 0) is 15.9 Å². The Morgan fingerprint density at radius 2 is 1.85 bits per heavy atom. The van der Waals surface area contributed by atoms with Crippen molar-refractivity contribution in [2.45, 2.75) is 32.5 Å². The minimum atomic E-state index is -0.0308. The van der Waals surface area contributed by atoms with Crippen molar-refractivity contribution in [3.63, 3.8) is 0 Å². The van der Waals surface area contributed by atoms with Crippen molar-refractivity contribution in [1.29, 1.82) is 0 Å². The van der Waals surface area contributed by atoms with Crippen LogP contribution in [0.2, 0.25) is 0 Å². The molecule has 1 saturated heterocycles. The normalized spacial score (nSPS) is 17.5. The van der Waals surface area contributed by atoms with Crippen LogP contribution >= 0.6 is 0 Å². The third kappa shape index (κ3) is 3.35. The molecule has 26 heavy (non-hydrogen) atoms. The van der Waals surface area contributed by atoms with Gasteiger partial charge in [0.25, 0.3) is 0 Å². The first kappa shape index (κ1) is 17.1. The summed E-state index contributed by atoms with van der Waals surface area (Å²) in [6.45, 7) is 5.97. The number of fused-ring (bicyclic) bond motifs is 2. The van der Waals surface area contributed by atoms with Crippen LogP contribution in [0.5, 0.6) is 11.5 Å². The van der Waals surface area contributed by atoms with Gasteiger partial charge in [-0.05, 0) is 25.0 Å². The Bertz CT molecular complexity index is 930. The largest absolute Gasteiger partial charge is 0.507 e. The zero-order valence-corrected chi connectivity index (χ0v) is 15.2. The van der Waals surface area contributed by atoms with E-state index in [1.165, 1.54) is 5.56 Å². The van der Waals surface area contributed by atoms with E-state index >= 15 is 0 Å². The predicted octanol–water partition coefficient (Wildman–Crippen LogP) is 4.44. The Morgan fingerprint density at radius 1 is 1.12 bits per heavy atom. The van der Waals surface area contributed by atoms with E-state index in [1.807, 2.05) is 43.3 Å². The maximum Gasteiger partial charge on any atom is 0.135 e. The average molecular weight is 352 g/mol. The summed E-state index contributed by atoms with van der Waals surface area (Å²) >= 11 is 0. The second-order valence-electron chi connectivity index (χ2n) is 6.87. The van der Waals surface area contributed by atoms with Crippen molar-refractivity contribution in [2.75, 3.05) is 19.8 Å². The lowest BCUT2D eigenvalue weighted by molar-refractivity contribution is 0.0248. The van der Waals surface area contributed by atoms with E-state index in [1.54, 1.807) is 0 Å². The van der Waals surface area contributed by atoms with Crippen molar-refractivity contribution < 1.29 is 19.3 Å². The van der Waals surface area contributed by atoms with Crippen LogP contribution < -0.4 is 4.74 Å². The molecule has 0 amide bonds. The van der Waals surface area contributed by atoms with Crippen molar-refractivity contribution >= 4 is 21.5 Å². The Kier molecular flexibility index (Phi) is 4.70. The number of benzene rings is 3. The molecule has 4 nitrogen and oxygen atoms in total. The van der Waals surface area contributed by atoms with Gasteiger partial charge in [0.2, 0.25) is 0 Å². The van der Waals surface area contributed by atoms with E-state index < -0.39 is 0 Å². The van der Waals surface area contributed by atoms with Crippen LogP contribution in [0, 0.1) is 0 Å². The molecule has 3 aromatic carbocycles. The molecule has 0 saturated carbocycles. The van der Waals surface area contributed by atoms with Crippen LogP contribution in [0.25, 0.3) is 21.5 Å². The van der Waals surface area contributed by atoms with Gasteiger partial charge in [0.15, 0.2) is 0 Å². The molecule has 1 fully saturated rings. The zero-order chi connectivity index (χ0) is 18.1. The number of hydrogen-bond acceptors (Lipinski definition) is 4. The van der Waals surface area contributed by atoms with Gasteiger partial charge >= 0.3 is 0 Å². The van der Waals surface area contributed by atoms with Crippen LogP contribution in [-0.4, -0.2) is 37.1 Å². The SMILES string of the molecule is CCc1ccc2c(OCC(C)OCC3CO3)c3ccccc3c(O)c2c1. The van der Waals surface area contributed by atoms with Gasteiger partial charge in [-0.3, -0.25) is 0 Å². The summed E-state index contributed by atoms with van der Waals surface area (Å²) in [5, 5.41) is 14.3. The Labute approximate surface area is 153 Å². The highest BCUT2D eigenvalue weighted by Crippen LogP contribution is 2.42. The van der Waals surface area contributed by atoms with Crippen LogP contribution in [0.3, 0.4) is 0 Å². The van der Waals surface area contributed by atoms with Gasteiger partial charge in [-0.15, -0.1) is 0 Å². The summed E-state index contributed by atoms with van der Waals surface area (Å²) in [6, 6.07) is 14.0. The van der Waals surface area contributed by atoms with Gasteiger partial charge in [0.1, 0.15) is 24.2 Å². The van der Waals surface area contributed by atoms with E-state index in [-0.39, 0.29) is 12.2 Å². The summed E-state index contributed by atoms with van der Waals surface area (Å²) in [6.07, 6.45) is 1.14. The lowest BCUT2D eigenvalue weighted by Gasteiger charge is -2.18. The van der Waals surface area contributed by atoms with E-state index in [9.17, 15) is 5.11 Å². The van der Waals surface area contributed by atoms with Crippen molar-refractivity contribution in [2.24, 2.45) is 0 Å². The first-order chi connectivity index (χ1) is 12.7. The fourth-order valence-electron chi connectivity index (χ4n) is 3.22. The third-order valence-electron chi connectivity index (χ3n) is 4.85. The number of aryl methyl sites for hydroxylation is 1. The van der Waals surface area contributed by atoms with Crippen LogP contribution in [0.15, 0.2) is 42.5 Å². The molecule has 4 rings (SSSR count). The molecule has 1 N–H and O–H groups in total. The van der Waals surface area contributed by atoms with Crippen molar-refractivity contribution in [1.82, 2.24) is 0 Å². The standard InChI is InChI=1S/C22H24O4/c1-3-15-8-9-19-20(10-15)21(23)17-6-4-5-7-18(17)22(19)26-11-14(2)24-12-16-13-25-16/h4-10,14,16,23H,3,11-13H2,1-2H3. The van der Waals surface area contributed by atoms with E-state index in [0.717, 1.165) is 40.3 Å². The van der Waals surface area contributed by atoms with Crippen molar-refractivity contribution in [3.8, 4) is 11.5 Å². The Hall–Kier alpha value is -2.30. The van der Waals surface area contributed by atoms with E-state index in [0.29, 0.717) is 19.0 Å². The van der Waals surface area contributed by atoms with Gasteiger partial charge in [-0.2, -0.15) is 0 Å². The maximum atomic E-state index is 10.8. The Balaban J connectivity index is 1.71. The summed E-state index contributed by atoms with van der Waals surface area (Å²) < 4.78 is 17.1. The Morgan fingerprint density at radius 3 is 2.58 bits per heavy atom. The number of phenols is 1. The monoisotopic (exact) mass is 352 g/mol. The summed E-state index contributed by atoms with van der Waals surface area (Å²) in [5.41, 5.74) is 1.19. The minimum Gasteiger partial charge on any atom is -0.507 e. The molecule has 1 heterocycles. The number of ether oxygens (including phenoxy) is 3. The topological polar surface area (TPSA) is 51.2 Å². The quantitative estimate of drug-likeness (QED) is 0.504. The zero-order valence-electron chi connectivity index (χ0n) is 15.2. The van der Waals surface area contributed by atoms with Gasteiger partial charge in [-0.25, -0.2) is 0 Å². The first-order valence-corrected chi connectivity index (χ1v) is 9.19. The van der Waals surface area contributed by atoms with Crippen molar-refractivity contribution in [3.05, 3.63) is 48.0 Å². The molecule has 0 spiro atoms. The van der Waals surface area contributed by atoms with Crippen LogP contribution in [0.1, 0.15) is 19.4 Å². The third-order valence-corrected chi connectivity index (χ3v) is 4.85. The van der Waals surface area contributed by atoms with E-state index in [2.05, 4.69) is 13.0 Å². The highest BCUT2D eigenvalue weighted by molar-refractivity contribution is 6.10. The lowest BCUT2D eigenvalue weighted by Crippen LogP contribution is -2.20. The number of epoxide rings is 1. The van der Waals surface area contributed by atoms with Gasteiger partial charge < -0.3 is 19.3 Å². The fraction of sp³-hybridized carbons (Fsp3) is 0.364. The summed E-state index contributed by atoms with van der Waals surface area (Å²) in [4.78, 5) is 0. The smallest absolute Gasteiger partial charge is 0.135 e. The molecule has 136 valence electrons. The first-order valence-electron chi connectivity index (χ1n) is 9.19. The average Bonchev–Trinajstić information content (AvgIpc) is 3.50. The highest BCUT2D eigenvalue weighted by Gasteiger charge is 2.23. The molecule has 0 aromatic heterocycles. The minimum absolute atomic E-state index is 0.0308. The molecular formula is C22H24O4. The fourth-order valence-corrected chi connectivity index (χ4v) is 3.22. The lowest BCUT2D eigenvalue weighted by atomic mass is 9.98. The molecule has 0 radical (unpaired) electrons. The van der Waals surface area contributed by atoms with Crippen LogP contribution in [0.4, 0.5) is 0 Å². The van der Waals surface area contributed by atoms with Gasteiger partial charge in [0.05, 0.1) is 19.3 Å². The number of rotatable bonds is 7. The molecule has 3 aromatic rings. The summed E-state index contributed by atoms with van der Waals surface area (Å²) in [5.74, 6) is 1.11. The molecular weight excluding hydrogens is 328 g/mol. The van der Waals surface area contributed by atoms with E-state index in [4.69, 9.17) is 14.2 Å². The summed E-state index contributed by atoms with van der Waals surface area (Å²) in [7, 11) is 0. The second-order valence-corrected chi connectivity index (χ2v) is 6.87. The highest BCUT2D eigenvalue weighted by atomic mass is 16.6. The molecule has 4 heteroatoms. The predicted molar refractivity (Wildman–Crippen MR) is 103 cm³/mol. The molecule has 2 unspecified atom stereocenters. The molecule has 0 bridgehead atoms. The molecule has 1 aliphatic heterocycles. The molecule has 0 aliphatic carbocycles. The number of phenolic OH excluding ortho intramolecular Hbond substituents is 1.